The summed E-state index contributed by atoms with van der Waals surface area (Å²) in [4.78, 5) is 12.7. The summed E-state index contributed by atoms with van der Waals surface area (Å²) < 4.78 is 25.6. The summed E-state index contributed by atoms with van der Waals surface area (Å²) >= 11 is 8.81. The number of aromatic nitrogens is 2. The molecule has 0 aliphatic heterocycles. The number of nitrogens with one attached hydrogen (secondary N) is 2. The molecule has 158 valence electrons. The first-order valence-electron chi connectivity index (χ1n) is 8.77. The molecule has 1 atom stereocenters. The lowest BCUT2D eigenvalue weighted by atomic mass is 10.1. The first-order valence-corrected chi connectivity index (χ1v) is 12.7. The fourth-order valence-electron chi connectivity index (χ4n) is 2.52. The predicted molar refractivity (Wildman–Crippen MR) is 124 cm³/mol. The minimum Gasteiger partial charge on any atom is -0.330 e. The van der Waals surface area contributed by atoms with E-state index in [0.717, 1.165) is 17.5 Å². The van der Waals surface area contributed by atoms with Crippen LogP contribution in [0.1, 0.15) is 22.8 Å². The van der Waals surface area contributed by atoms with Crippen LogP contribution in [-0.4, -0.2) is 35.9 Å². The van der Waals surface area contributed by atoms with Crippen molar-refractivity contribution in [3.63, 3.8) is 0 Å². The first kappa shape index (κ1) is 22.5. The fraction of sp³-hybridized carbons (Fsp3) is 0.211. The van der Waals surface area contributed by atoms with Gasteiger partial charge in [0.15, 0.2) is 10.1 Å². The van der Waals surface area contributed by atoms with Crippen LogP contribution in [0.4, 0.5) is 16.5 Å². The Morgan fingerprint density at radius 1 is 1.17 bits per heavy atom. The summed E-state index contributed by atoms with van der Waals surface area (Å²) in [6.07, 6.45) is 1.07. The van der Waals surface area contributed by atoms with Crippen molar-refractivity contribution in [1.82, 2.24) is 10.2 Å². The fourth-order valence-corrected chi connectivity index (χ4v) is 5.25. The maximum atomic E-state index is 12.7. The molecular formula is C19H19ClN4O3S3. The molecule has 1 heterocycles. The maximum Gasteiger partial charge on any atom is 0.229 e. The number of rotatable bonds is 8. The van der Waals surface area contributed by atoms with Crippen molar-refractivity contribution in [2.45, 2.75) is 23.4 Å². The number of anilines is 3. The molecule has 0 radical (unpaired) electrons. The average molecular weight is 483 g/mol. The Morgan fingerprint density at radius 2 is 1.87 bits per heavy atom. The second-order valence-electron chi connectivity index (χ2n) is 6.49. The van der Waals surface area contributed by atoms with Crippen LogP contribution in [0.5, 0.6) is 0 Å². The van der Waals surface area contributed by atoms with Crippen LogP contribution >= 0.6 is 34.7 Å². The largest absolute Gasteiger partial charge is 0.330 e. The number of hydrogen-bond acceptors (Lipinski definition) is 8. The number of hydrogen-bond donors (Lipinski definition) is 2. The first-order chi connectivity index (χ1) is 14.1. The van der Waals surface area contributed by atoms with Crippen LogP contribution in [0.25, 0.3) is 0 Å². The van der Waals surface area contributed by atoms with Gasteiger partial charge >= 0.3 is 0 Å². The van der Waals surface area contributed by atoms with Crippen LogP contribution in [0, 0.1) is 6.92 Å². The zero-order valence-electron chi connectivity index (χ0n) is 16.3. The highest BCUT2D eigenvalue weighted by molar-refractivity contribution is 8.02. The van der Waals surface area contributed by atoms with E-state index in [9.17, 15) is 13.2 Å². The molecule has 2 aromatic carbocycles. The minimum atomic E-state index is -3.36. The molecule has 0 saturated carbocycles. The summed E-state index contributed by atoms with van der Waals surface area (Å²) in [5, 5.41) is 12.4. The minimum absolute atomic E-state index is 0.0821. The van der Waals surface area contributed by atoms with Gasteiger partial charge in [0.25, 0.3) is 0 Å². The summed E-state index contributed by atoms with van der Waals surface area (Å²) in [7, 11) is -3.36. The van der Waals surface area contributed by atoms with Gasteiger partial charge in [0.05, 0.1) is 11.5 Å². The molecule has 0 saturated heterocycles. The number of Topliss-reactive ketones (excluding diaryl/α,β-unsaturated/α-hetero) is 1. The van der Waals surface area contributed by atoms with Crippen molar-refractivity contribution >= 4 is 67.0 Å². The highest BCUT2D eigenvalue weighted by Crippen LogP contribution is 2.33. The SMILES string of the molecule is Cc1c(Cl)cccc1Nc1nnc(SC(C)C(=O)c2ccc(NS(C)(=O)=O)cc2)s1. The molecule has 3 aromatic rings. The van der Waals surface area contributed by atoms with E-state index in [1.54, 1.807) is 31.2 Å². The number of carbonyl (C=O) groups excluding carboxylic acids is 1. The Balaban J connectivity index is 1.64. The summed E-state index contributed by atoms with van der Waals surface area (Å²) in [6, 6.07) is 11.9. The lowest BCUT2D eigenvalue weighted by molar-refractivity contribution is 0.0994. The van der Waals surface area contributed by atoms with Crippen LogP contribution < -0.4 is 10.0 Å². The van der Waals surface area contributed by atoms with Gasteiger partial charge in [-0.05, 0) is 55.8 Å². The predicted octanol–water partition coefficient (Wildman–Crippen LogP) is 4.98. The van der Waals surface area contributed by atoms with Gasteiger partial charge < -0.3 is 5.32 Å². The molecule has 2 N–H and O–H groups in total. The molecule has 0 fully saturated rings. The van der Waals surface area contributed by atoms with Crippen LogP contribution in [0.15, 0.2) is 46.8 Å². The number of sulfonamides is 1. The molecule has 0 spiro atoms. The van der Waals surface area contributed by atoms with Crippen molar-refractivity contribution in [3.8, 4) is 0 Å². The summed E-state index contributed by atoms with van der Waals surface area (Å²) in [5.41, 5.74) is 2.67. The molecule has 1 unspecified atom stereocenters. The van der Waals surface area contributed by atoms with Gasteiger partial charge in [-0.2, -0.15) is 0 Å². The van der Waals surface area contributed by atoms with E-state index in [2.05, 4.69) is 20.2 Å². The monoisotopic (exact) mass is 482 g/mol. The number of benzene rings is 2. The summed E-state index contributed by atoms with van der Waals surface area (Å²) in [6.45, 7) is 3.71. The highest BCUT2D eigenvalue weighted by Gasteiger charge is 2.19. The van der Waals surface area contributed by atoms with Gasteiger partial charge in [-0.15, -0.1) is 10.2 Å². The number of ketones is 1. The van der Waals surface area contributed by atoms with Gasteiger partial charge in [-0.3, -0.25) is 9.52 Å². The van der Waals surface area contributed by atoms with Crippen molar-refractivity contribution in [1.29, 1.82) is 0 Å². The Labute approximate surface area is 188 Å². The van der Waals surface area contributed by atoms with E-state index in [-0.39, 0.29) is 11.0 Å². The van der Waals surface area contributed by atoms with Gasteiger partial charge in [-0.1, -0.05) is 40.8 Å². The lowest BCUT2D eigenvalue weighted by Gasteiger charge is -2.09. The number of nitrogens with zero attached hydrogens (tertiary/aromatic N) is 2. The zero-order chi connectivity index (χ0) is 21.9. The normalized spacial score (nSPS) is 12.4. The van der Waals surface area contributed by atoms with Gasteiger partial charge in [-0.25, -0.2) is 8.42 Å². The molecule has 7 nitrogen and oxygen atoms in total. The second-order valence-corrected chi connectivity index (χ2v) is 11.2. The Bertz CT molecular complexity index is 1160. The zero-order valence-corrected chi connectivity index (χ0v) is 19.5. The third kappa shape index (κ3) is 5.94. The van der Waals surface area contributed by atoms with E-state index in [1.165, 1.54) is 23.1 Å². The topological polar surface area (TPSA) is 101 Å². The molecule has 30 heavy (non-hydrogen) atoms. The third-order valence-corrected chi connectivity index (χ3v) is 7.07. The number of halogens is 1. The van der Waals surface area contributed by atoms with Gasteiger partial charge in [0.1, 0.15) is 0 Å². The molecule has 3 rings (SSSR count). The summed E-state index contributed by atoms with van der Waals surface area (Å²) in [5.74, 6) is -0.0821. The molecular weight excluding hydrogens is 464 g/mol. The standard InChI is InChI=1S/C19H19ClN4O3S3/c1-11-15(20)5-4-6-16(11)21-18-22-23-19(29-18)28-12(2)17(25)13-7-9-14(10-8-13)24-30(3,26)27/h4-10,12,24H,1-3H3,(H,21,22). The maximum absolute atomic E-state index is 12.7. The van der Waals surface area contributed by atoms with Gasteiger partial charge in [0, 0.05) is 22.0 Å². The van der Waals surface area contributed by atoms with Crippen LogP contribution in [-0.2, 0) is 10.0 Å². The molecule has 11 heteroatoms. The highest BCUT2D eigenvalue weighted by atomic mass is 35.5. The molecule has 1 aromatic heterocycles. The lowest BCUT2D eigenvalue weighted by Crippen LogP contribution is -2.14. The van der Waals surface area contributed by atoms with Crippen molar-refractivity contribution in [3.05, 3.63) is 58.6 Å². The average Bonchev–Trinajstić information content (AvgIpc) is 3.11. The van der Waals surface area contributed by atoms with Crippen LogP contribution in [0.3, 0.4) is 0 Å². The van der Waals surface area contributed by atoms with Crippen molar-refractivity contribution in [2.24, 2.45) is 0 Å². The second kappa shape index (κ2) is 9.34. The Hall–Kier alpha value is -2.14. The number of thioether (sulfide) groups is 1. The Morgan fingerprint density at radius 3 is 2.53 bits per heavy atom. The van der Waals surface area contributed by atoms with Gasteiger partial charge in [0.2, 0.25) is 15.2 Å². The van der Waals surface area contributed by atoms with E-state index >= 15 is 0 Å². The van der Waals surface area contributed by atoms with Crippen molar-refractivity contribution in [2.75, 3.05) is 16.3 Å². The van der Waals surface area contributed by atoms with E-state index < -0.39 is 10.0 Å². The van der Waals surface area contributed by atoms with E-state index in [1.807, 2.05) is 25.1 Å². The molecule has 0 bridgehead atoms. The van der Waals surface area contributed by atoms with E-state index in [0.29, 0.717) is 25.7 Å². The smallest absolute Gasteiger partial charge is 0.229 e. The number of carbonyl (C=O) groups is 1. The van der Waals surface area contributed by atoms with E-state index in [4.69, 9.17) is 11.6 Å². The third-order valence-electron chi connectivity index (χ3n) is 4.04. The molecule has 0 aliphatic rings. The molecule has 0 aliphatic carbocycles. The van der Waals surface area contributed by atoms with Crippen LogP contribution in [0.2, 0.25) is 5.02 Å². The molecule has 0 amide bonds. The Kier molecular flexibility index (Phi) is 7.02. The quantitative estimate of drug-likeness (QED) is 0.345. The van der Waals surface area contributed by atoms with Crippen molar-refractivity contribution < 1.29 is 13.2 Å².